The van der Waals surface area contributed by atoms with E-state index < -0.39 is 6.10 Å². The summed E-state index contributed by atoms with van der Waals surface area (Å²) in [5.41, 5.74) is 0. The SMILES string of the molecule is CCCCC/C=C\C/C=C\CCC(=O)OCC(O)COC(=O)CCCCCCCCCCCCCCCCCCCCCCCCC. The third kappa shape index (κ3) is 38.7. The average molecular weight is 663 g/mol. The standard InChI is InChI=1S/C42H78O5/c1-3-5-7-9-11-13-15-16-17-18-19-20-21-22-23-24-25-26-27-29-31-33-35-37-42(45)47-39-40(43)38-46-41(44)36-34-32-30-28-14-12-10-8-6-4-2/h12,14,30,32,40,43H,3-11,13,15-29,31,33-39H2,1-2H3/b14-12-,32-30-. The summed E-state index contributed by atoms with van der Waals surface area (Å²) in [7, 11) is 0. The minimum Gasteiger partial charge on any atom is -0.463 e. The molecule has 5 nitrogen and oxygen atoms in total. The van der Waals surface area contributed by atoms with Gasteiger partial charge in [0.05, 0.1) is 0 Å². The van der Waals surface area contributed by atoms with Crippen molar-refractivity contribution in [3.8, 4) is 0 Å². The van der Waals surface area contributed by atoms with Crippen LogP contribution in [0.1, 0.15) is 213 Å². The van der Waals surface area contributed by atoms with Gasteiger partial charge in [0.2, 0.25) is 0 Å². The summed E-state index contributed by atoms with van der Waals surface area (Å²) in [4.78, 5) is 23.8. The summed E-state index contributed by atoms with van der Waals surface area (Å²) in [6, 6.07) is 0. The zero-order valence-electron chi connectivity index (χ0n) is 31.3. The van der Waals surface area contributed by atoms with Gasteiger partial charge in [0.15, 0.2) is 0 Å². The molecule has 0 aliphatic heterocycles. The molecule has 47 heavy (non-hydrogen) atoms. The second kappa shape index (κ2) is 38.8. The van der Waals surface area contributed by atoms with Gasteiger partial charge in [0.25, 0.3) is 0 Å². The summed E-state index contributed by atoms with van der Waals surface area (Å²) in [5.74, 6) is -0.636. The Hall–Kier alpha value is -1.62. The monoisotopic (exact) mass is 663 g/mol. The Morgan fingerprint density at radius 2 is 0.787 bits per heavy atom. The maximum Gasteiger partial charge on any atom is 0.306 e. The molecule has 0 heterocycles. The second-order valence-electron chi connectivity index (χ2n) is 13.8. The van der Waals surface area contributed by atoms with Crippen molar-refractivity contribution < 1.29 is 24.2 Å². The maximum atomic E-state index is 12.0. The largest absolute Gasteiger partial charge is 0.463 e. The highest BCUT2D eigenvalue weighted by molar-refractivity contribution is 5.70. The Labute approximate surface area is 292 Å². The molecule has 5 heteroatoms. The fourth-order valence-electron chi connectivity index (χ4n) is 5.85. The Bertz CT molecular complexity index is 716. The van der Waals surface area contributed by atoms with Crippen LogP contribution in [0.2, 0.25) is 0 Å². The number of esters is 2. The predicted molar refractivity (Wildman–Crippen MR) is 201 cm³/mol. The van der Waals surface area contributed by atoms with Crippen molar-refractivity contribution in [2.45, 2.75) is 219 Å². The van der Waals surface area contributed by atoms with E-state index in [0.717, 1.165) is 32.1 Å². The lowest BCUT2D eigenvalue weighted by molar-refractivity contribution is -0.152. The topological polar surface area (TPSA) is 72.8 Å². The van der Waals surface area contributed by atoms with E-state index in [4.69, 9.17) is 9.47 Å². The minimum absolute atomic E-state index is 0.129. The lowest BCUT2D eigenvalue weighted by Crippen LogP contribution is -2.25. The third-order valence-electron chi connectivity index (χ3n) is 8.95. The molecule has 0 amide bonds. The lowest BCUT2D eigenvalue weighted by Gasteiger charge is -2.12. The molecule has 0 fully saturated rings. The molecule has 0 bridgehead atoms. The van der Waals surface area contributed by atoms with E-state index in [9.17, 15) is 14.7 Å². The van der Waals surface area contributed by atoms with Crippen LogP contribution in [0, 0.1) is 0 Å². The molecule has 0 aromatic rings. The molecule has 1 N–H and O–H groups in total. The van der Waals surface area contributed by atoms with Gasteiger partial charge in [0, 0.05) is 12.8 Å². The number of carbonyl (C=O) groups is 2. The highest BCUT2D eigenvalue weighted by Crippen LogP contribution is 2.16. The van der Waals surface area contributed by atoms with Crippen LogP contribution < -0.4 is 0 Å². The number of aliphatic hydroxyl groups is 1. The fourth-order valence-corrected chi connectivity index (χ4v) is 5.85. The molecule has 0 aromatic heterocycles. The van der Waals surface area contributed by atoms with Gasteiger partial charge in [-0.25, -0.2) is 0 Å². The number of allylic oxidation sites excluding steroid dienone is 4. The van der Waals surface area contributed by atoms with Gasteiger partial charge in [-0.15, -0.1) is 0 Å². The highest BCUT2D eigenvalue weighted by Gasteiger charge is 2.11. The van der Waals surface area contributed by atoms with Crippen molar-refractivity contribution in [2.24, 2.45) is 0 Å². The van der Waals surface area contributed by atoms with Crippen LogP contribution in [0.25, 0.3) is 0 Å². The van der Waals surface area contributed by atoms with Crippen LogP contribution in [0.5, 0.6) is 0 Å². The van der Waals surface area contributed by atoms with Crippen LogP contribution >= 0.6 is 0 Å². The molecular formula is C42H78O5. The van der Waals surface area contributed by atoms with Crippen molar-refractivity contribution >= 4 is 11.9 Å². The molecule has 0 spiro atoms. The van der Waals surface area contributed by atoms with Gasteiger partial charge in [-0.2, -0.15) is 0 Å². The zero-order valence-corrected chi connectivity index (χ0v) is 31.3. The number of ether oxygens (including phenoxy) is 2. The summed E-state index contributed by atoms with van der Waals surface area (Å²) in [6.45, 7) is 4.22. The Balaban J connectivity index is 3.38. The number of hydrogen-bond donors (Lipinski definition) is 1. The molecule has 0 aliphatic rings. The number of aliphatic hydroxyl groups excluding tert-OH is 1. The first-order valence-corrected chi connectivity index (χ1v) is 20.4. The van der Waals surface area contributed by atoms with Gasteiger partial charge in [-0.3, -0.25) is 9.59 Å². The average Bonchev–Trinajstić information content (AvgIpc) is 3.07. The first-order valence-electron chi connectivity index (χ1n) is 20.4. The molecule has 0 aromatic carbocycles. The molecule has 0 radical (unpaired) electrons. The van der Waals surface area contributed by atoms with Gasteiger partial charge < -0.3 is 14.6 Å². The first kappa shape index (κ1) is 45.4. The summed E-state index contributed by atoms with van der Waals surface area (Å²) >= 11 is 0. The van der Waals surface area contributed by atoms with E-state index in [1.807, 2.05) is 6.08 Å². The second-order valence-corrected chi connectivity index (χ2v) is 13.8. The van der Waals surface area contributed by atoms with Crippen LogP contribution in [0.4, 0.5) is 0 Å². The molecule has 0 rings (SSSR count). The van der Waals surface area contributed by atoms with Gasteiger partial charge in [-0.1, -0.05) is 192 Å². The molecule has 0 saturated heterocycles. The van der Waals surface area contributed by atoms with Gasteiger partial charge in [-0.05, 0) is 32.1 Å². The third-order valence-corrected chi connectivity index (χ3v) is 8.95. The summed E-state index contributed by atoms with van der Waals surface area (Å²) in [5, 5.41) is 9.97. The van der Waals surface area contributed by atoms with Crippen LogP contribution in [0.3, 0.4) is 0 Å². The van der Waals surface area contributed by atoms with Crippen LogP contribution in [-0.4, -0.2) is 36.4 Å². The van der Waals surface area contributed by atoms with E-state index >= 15 is 0 Å². The van der Waals surface area contributed by atoms with E-state index in [-0.39, 0.29) is 31.6 Å². The molecule has 1 atom stereocenters. The summed E-state index contributed by atoms with van der Waals surface area (Å²) < 4.78 is 10.3. The van der Waals surface area contributed by atoms with E-state index in [0.29, 0.717) is 12.8 Å². The zero-order chi connectivity index (χ0) is 34.3. The van der Waals surface area contributed by atoms with Crippen LogP contribution in [-0.2, 0) is 19.1 Å². The number of hydrogen-bond acceptors (Lipinski definition) is 5. The highest BCUT2D eigenvalue weighted by atomic mass is 16.6. The number of unbranched alkanes of at least 4 members (excludes halogenated alkanes) is 25. The molecule has 1 unspecified atom stereocenters. The lowest BCUT2D eigenvalue weighted by atomic mass is 10.0. The van der Waals surface area contributed by atoms with Gasteiger partial charge in [0.1, 0.15) is 19.3 Å². The van der Waals surface area contributed by atoms with Crippen molar-refractivity contribution in [3.05, 3.63) is 24.3 Å². The number of rotatable bonds is 37. The first-order chi connectivity index (χ1) is 23.1. The van der Waals surface area contributed by atoms with Crippen molar-refractivity contribution in [1.82, 2.24) is 0 Å². The van der Waals surface area contributed by atoms with E-state index in [1.165, 1.54) is 148 Å². The fraction of sp³-hybridized carbons (Fsp3) is 0.857. The Morgan fingerprint density at radius 3 is 1.21 bits per heavy atom. The minimum atomic E-state index is -0.981. The van der Waals surface area contributed by atoms with Gasteiger partial charge >= 0.3 is 11.9 Å². The summed E-state index contributed by atoms with van der Waals surface area (Å²) in [6.07, 6.45) is 45.5. The number of carbonyl (C=O) groups excluding carboxylic acids is 2. The quantitative estimate of drug-likeness (QED) is 0.0407. The predicted octanol–water partition coefficient (Wildman–Crippen LogP) is 12.7. The normalized spacial score (nSPS) is 12.3. The Kier molecular flexibility index (Phi) is 37.5. The van der Waals surface area contributed by atoms with Crippen molar-refractivity contribution in [1.29, 1.82) is 0 Å². The van der Waals surface area contributed by atoms with Crippen molar-refractivity contribution in [2.75, 3.05) is 13.2 Å². The molecule has 276 valence electrons. The van der Waals surface area contributed by atoms with E-state index in [2.05, 4.69) is 32.1 Å². The van der Waals surface area contributed by atoms with Crippen molar-refractivity contribution in [3.63, 3.8) is 0 Å². The maximum absolute atomic E-state index is 12.0. The van der Waals surface area contributed by atoms with E-state index in [1.54, 1.807) is 0 Å². The molecular weight excluding hydrogens is 584 g/mol. The Morgan fingerprint density at radius 1 is 0.447 bits per heavy atom. The molecule has 0 saturated carbocycles. The van der Waals surface area contributed by atoms with Crippen LogP contribution in [0.15, 0.2) is 24.3 Å². The smallest absolute Gasteiger partial charge is 0.306 e. The molecule has 0 aliphatic carbocycles.